The highest BCUT2D eigenvalue weighted by Gasteiger charge is 2.25. The maximum atomic E-state index is 13.2. The van der Waals surface area contributed by atoms with Crippen LogP contribution < -0.4 is 10.5 Å². The summed E-state index contributed by atoms with van der Waals surface area (Å²) < 4.78 is 18.6. The fourth-order valence-corrected chi connectivity index (χ4v) is 2.28. The molecular weight excluding hydrogens is 241 g/mol. The van der Waals surface area contributed by atoms with Crippen molar-refractivity contribution in [2.75, 3.05) is 7.11 Å². The summed E-state index contributed by atoms with van der Waals surface area (Å²) in [7, 11) is 1.62. The van der Waals surface area contributed by atoms with E-state index in [1.807, 2.05) is 37.3 Å². The van der Waals surface area contributed by atoms with Crippen molar-refractivity contribution in [3.05, 3.63) is 65.5 Å². The van der Waals surface area contributed by atoms with Gasteiger partial charge in [-0.15, -0.1) is 0 Å². The molecule has 0 fully saturated rings. The normalized spacial score (nSPS) is 13.9. The third kappa shape index (κ3) is 3.12. The molecule has 19 heavy (non-hydrogen) atoms. The molecule has 0 heterocycles. The molecule has 1 unspecified atom stereocenters. The first-order valence-electron chi connectivity index (χ1n) is 6.20. The minimum atomic E-state index is -0.611. The number of rotatable bonds is 4. The van der Waals surface area contributed by atoms with Crippen LogP contribution in [-0.2, 0) is 12.0 Å². The van der Waals surface area contributed by atoms with Gasteiger partial charge in [-0.3, -0.25) is 0 Å². The van der Waals surface area contributed by atoms with Crippen molar-refractivity contribution in [1.82, 2.24) is 0 Å². The predicted octanol–water partition coefficient (Wildman–Crippen LogP) is 3.25. The lowest BCUT2D eigenvalue weighted by atomic mass is 9.86. The first kappa shape index (κ1) is 13.6. The van der Waals surface area contributed by atoms with Gasteiger partial charge < -0.3 is 10.5 Å². The Hall–Kier alpha value is -1.87. The van der Waals surface area contributed by atoms with Gasteiger partial charge in [-0.25, -0.2) is 4.39 Å². The Labute approximate surface area is 113 Å². The Morgan fingerprint density at radius 2 is 1.89 bits per heavy atom. The Kier molecular flexibility index (Phi) is 3.86. The standard InChI is InChI=1S/C16H18FNO/c1-16(18,11-12-6-5-7-13(17)10-12)14-8-3-4-9-15(14)19-2/h3-10H,11,18H2,1-2H3. The van der Waals surface area contributed by atoms with E-state index in [4.69, 9.17) is 10.5 Å². The Balaban J connectivity index is 2.32. The summed E-state index contributed by atoms with van der Waals surface area (Å²) in [5, 5.41) is 0. The van der Waals surface area contributed by atoms with E-state index in [0.29, 0.717) is 6.42 Å². The molecule has 2 aromatic carbocycles. The van der Waals surface area contributed by atoms with Gasteiger partial charge in [0.05, 0.1) is 7.11 Å². The molecule has 3 heteroatoms. The summed E-state index contributed by atoms with van der Waals surface area (Å²) in [4.78, 5) is 0. The number of benzene rings is 2. The third-order valence-corrected chi connectivity index (χ3v) is 3.18. The van der Waals surface area contributed by atoms with E-state index in [9.17, 15) is 4.39 Å². The van der Waals surface area contributed by atoms with Gasteiger partial charge in [-0.05, 0) is 37.1 Å². The van der Waals surface area contributed by atoms with Crippen LogP contribution in [-0.4, -0.2) is 7.11 Å². The zero-order chi connectivity index (χ0) is 13.9. The molecule has 0 radical (unpaired) electrons. The van der Waals surface area contributed by atoms with Gasteiger partial charge in [0, 0.05) is 11.1 Å². The number of hydrogen-bond donors (Lipinski definition) is 1. The number of para-hydroxylation sites is 1. The van der Waals surface area contributed by atoms with Crippen molar-refractivity contribution in [1.29, 1.82) is 0 Å². The number of ether oxygens (including phenoxy) is 1. The molecule has 2 aromatic rings. The van der Waals surface area contributed by atoms with Crippen LogP contribution in [0.5, 0.6) is 5.75 Å². The summed E-state index contributed by atoms with van der Waals surface area (Å²) in [5.74, 6) is 0.511. The van der Waals surface area contributed by atoms with Crippen molar-refractivity contribution < 1.29 is 9.13 Å². The number of halogens is 1. The van der Waals surface area contributed by atoms with Crippen LogP contribution in [0.4, 0.5) is 4.39 Å². The highest BCUT2D eigenvalue weighted by Crippen LogP contribution is 2.30. The van der Waals surface area contributed by atoms with Crippen LogP contribution in [0, 0.1) is 5.82 Å². The van der Waals surface area contributed by atoms with E-state index in [-0.39, 0.29) is 5.82 Å². The molecule has 0 saturated heterocycles. The Bertz CT molecular complexity index is 566. The highest BCUT2D eigenvalue weighted by molar-refractivity contribution is 5.39. The molecule has 2 nitrogen and oxygen atoms in total. The van der Waals surface area contributed by atoms with E-state index < -0.39 is 5.54 Å². The highest BCUT2D eigenvalue weighted by atomic mass is 19.1. The minimum absolute atomic E-state index is 0.242. The Morgan fingerprint density at radius 3 is 2.58 bits per heavy atom. The molecule has 1 atom stereocenters. The molecule has 2 N–H and O–H groups in total. The average Bonchev–Trinajstić information content (AvgIpc) is 2.38. The summed E-state index contributed by atoms with van der Waals surface area (Å²) in [5.41, 5.74) is 7.57. The van der Waals surface area contributed by atoms with Gasteiger partial charge in [-0.1, -0.05) is 30.3 Å². The quantitative estimate of drug-likeness (QED) is 0.914. The van der Waals surface area contributed by atoms with Gasteiger partial charge in [0.1, 0.15) is 11.6 Å². The second kappa shape index (κ2) is 5.41. The zero-order valence-electron chi connectivity index (χ0n) is 11.2. The van der Waals surface area contributed by atoms with Gasteiger partial charge in [-0.2, -0.15) is 0 Å². The molecule has 0 spiro atoms. The fourth-order valence-electron chi connectivity index (χ4n) is 2.28. The van der Waals surface area contributed by atoms with Gasteiger partial charge in [0.25, 0.3) is 0 Å². The molecular formula is C16H18FNO. The van der Waals surface area contributed by atoms with E-state index in [2.05, 4.69) is 0 Å². The summed E-state index contributed by atoms with van der Waals surface area (Å²) in [6.45, 7) is 1.93. The average molecular weight is 259 g/mol. The molecule has 2 rings (SSSR count). The lowest BCUT2D eigenvalue weighted by Crippen LogP contribution is -2.35. The van der Waals surface area contributed by atoms with Gasteiger partial charge >= 0.3 is 0 Å². The number of hydrogen-bond acceptors (Lipinski definition) is 2. The van der Waals surface area contributed by atoms with Gasteiger partial charge in [0.15, 0.2) is 0 Å². The molecule has 0 aliphatic carbocycles. The van der Waals surface area contributed by atoms with Crippen LogP contribution in [0.15, 0.2) is 48.5 Å². The van der Waals surface area contributed by atoms with Crippen LogP contribution in [0.2, 0.25) is 0 Å². The van der Waals surface area contributed by atoms with Crippen molar-refractivity contribution >= 4 is 0 Å². The van der Waals surface area contributed by atoms with E-state index in [1.54, 1.807) is 13.2 Å². The monoisotopic (exact) mass is 259 g/mol. The van der Waals surface area contributed by atoms with Crippen molar-refractivity contribution in [3.8, 4) is 5.75 Å². The zero-order valence-corrected chi connectivity index (χ0v) is 11.2. The van der Waals surface area contributed by atoms with Crippen molar-refractivity contribution in [2.45, 2.75) is 18.9 Å². The van der Waals surface area contributed by atoms with Crippen LogP contribution in [0.3, 0.4) is 0 Å². The second-order valence-corrected chi connectivity index (χ2v) is 4.92. The maximum Gasteiger partial charge on any atom is 0.123 e. The van der Waals surface area contributed by atoms with Gasteiger partial charge in [0.2, 0.25) is 0 Å². The predicted molar refractivity (Wildman–Crippen MR) is 74.6 cm³/mol. The molecule has 0 saturated carbocycles. The van der Waals surface area contributed by atoms with Crippen LogP contribution in [0.1, 0.15) is 18.1 Å². The number of nitrogens with two attached hydrogens (primary N) is 1. The lowest BCUT2D eigenvalue weighted by molar-refractivity contribution is 0.386. The largest absolute Gasteiger partial charge is 0.496 e. The minimum Gasteiger partial charge on any atom is -0.496 e. The van der Waals surface area contributed by atoms with E-state index in [1.165, 1.54) is 12.1 Å². The van der Waals surface area contributed by atoms with E-state index in [0.717, 1.165) is 16.9 Å². The topological polar surface area (TPSA) is 35.2 Å². The first-order valence-corrected chi connectivity index (χ1v) is 6.20. The Morgan fingerprint density at radius 1 is 1.16 bits per heavy atom. The van der Waals surface area contributed by atoms with Crippen molar-refractivity contribution in [3.63, 3.8) is 0 Å². The third-order valence-electron chi connectivity index (χ3n) is 3.18. The summed E-state index contributed by atoms with van der Waals surface area (Å²) in [6.07, 6.45) is 0.547. The summed E-state index contributed by atoms with van der Waals surface area (Å²) in [6, 6.07) is 14.2. The number of methoxy groups -OCH3 is 1. The smallest absolute Gasteiger partial charge is 0.123 e. The molecule has 0 aromatic heterocycles. The molecule has 0 amide bonds. The first-order chi connectivity index (χ1) is 9.03. The molecule has 0 aliphatic rings. The van der Waals surface area contributed by atoms with Crippen LogP contribution >= 0.6 is 0 Å². The summed E-state index contributed by atoms with van der Waals surface area (Å²) >= 11 is 0. The van der Waals surface area contributed by atoms with Crippen molar-refractivity contribution in [2.24, 2.45) is 5.73 Å². The fraction of sp³-hybridized carbons (Fsp3) is 0.250. The maximum absolute atomic E-state index is 13.2. The molecule has 0 bridgehead atoms. The van der Waals surface area contributed by atoms with E-state index >= 15 is 0 Å². The SMILES string of the molecule is COc1ccccc1C(C)(N)Cc1cccc(F)c1. The van der Waals surface area contributed by atoms with Crippen LogP contribution in [0.25, 0.3) is 0 Å². The second-order valence-electron chi connectivity index (χ2n) is 4.92. The molecule has 0 aliphatic heterocycles. The lowest BCUT2D eigenvalue weighted by Gasteiger charge is -2.27. The molecule has 100 valence electrons.